The Kier molecular flexibility index (Phi) is 4.73. The zero-order valence-corrected chi connectivity index (χ0v) is 18.3. The van der Waals surface area contributed by atoms with Crippen LogP contribution in [0.4, 0.5) is 21.6 Å². The van der Waals surface area contributed by atoms with Crippen molar-refractivity contribution < 1.29 is 22.8 Å². The summed E-state index contributed by atoms with van der Waals surface area (Å²) in [5, 5.41) is 12.0. The third-order valence-corrected chi connectivity index (χ3v) is 5.66. The zero-order chi connectivity index (χ0) is 26.3. The molecule has 0 unspecified atom stereocenters. The van der Waals surface area contributed by atoms with E-state index in [0.717, 1.165) is 37.9 Å². The summed E-state index contributed by atoms with van der Waals surface area (Å²) in [6.45, 7) is -2.75. The molecule has 0 bridgehead atoms. The maximum absolute atomic E-state index is 14.8. The Labute approximate surface area is 199 Å². The number of ether oxygens (including phenoxy) is 1. The Morgan fingerprint density at radius 3 is 2.71 bits per heavy atom. The largest absolute Gasteiger partial charge is 0.494 e. The molecule has 2 saturated carbocycles. The highest BCUT2D eigenvalue weighted by Crippen LogP contribution is 2.40. The van der Waals surface area contributed by atoms with Crippen LogP contribution in [0.15, 0.2) is 30.7 Å². The predicted molar refractivity (Wildman–Crippen MR) is 123 cm³/mol. The third kappa shape index (κ3) is 4.41. The lowest BCUT2D eigenvalue weighted by Crippen LogP contribution is -2.20. The van der Waals surface area contributed by atoms with Gasteiger partial charge in [-0.1, -0.05) is 0 Å². The molecule has 3 aromatic rings. The van der Waals surface area contributed by atoms with Crippen molar-refractivity contribution in [1.29, 1.82) is 0 Å². The van der Waals surface area contributed by atoms with E-state index in [1.54, 1.807) is 11.0 Å². The fourth-order valence-corrected chi connectivity index (χ4v) is 3.58. The van der Waals surface area contributed by atoms with Crippen molar-refractivity contribution in [2.45, 2.75) is 31.7 Å². The fourth-order valence-electron chi connectivity index (χ4n) is 3.58. The summed E-state index contributed by atoms with van der Waals surface area (Å²) in [7, 11) is 1.40. The molecule has 3 N–H and O–H groups in total. The molecule has 176 valence electrons. The molecule has 2 aromatic heterocycles. The number of pyridine rings is 1. The molecular formula is C23H24FN7O3. The first-order valence-corrected chi connectivity index (χ1v) is 10.8. The van der Waals surface area contributed by atoms with Gasteiger partial charge in [0.2, 0.25) is 5.91 Å². The number of rotatable bonds is 8. The molecule has 0 radical (unpaired) electrons. The van der Waals surface area contributed by atoms with Gasteiger partial charge in [0.1, 0.15) is 18.0 Å². The van der Waals surface area contributed by atoms with E-state index in [1.807, 2.05) is 5.32 Å². The summed E-state index contributed by atoms with van der Waals surface area (Å²) < 4.78 is 44.1. The van der Waals surface area contributed by atoms with Gasteiger partial charge in [0.25, 0.3) is 5.91 Å². The smallest absolute Gasteiger partial charge is 0.254 e. The van der Waals surface area contributed by atoms with Crippen LogP contribution in [0.5, 0.6) is 5.75 Å². The molecule has 2 fully saturated rings. The minimum absolute atomic E-state index is 0.0779. The molecule has 0 atom stereocenters. The van der Waals surface area contributed by atoms with Crippen LogP contribution >= 0.6 is 0 Å². The summed E-state index contributed by atoms with van der Waals surface area (Å²) in [6.07, 6.45) is 6.28. The number of methoxy groups -OCH3 is 1. The summed E-state index contributed by atoms with van der Waals surface area (Å²) in [5.41, 5.74) is 0.363. The molecule has 34 heavy (non-hydrogen) atoms. The highest BCUT2D eigenvalue weighted by molar-refractivity contribution is 6.01. The van der Waals surface area contributed by atoms with Crippen LogP contribution in [-0.2, 0) is 4.79 Å². The van der Waals surface area contributed by atoms with E-state index >= 15 is 0 Å². The van der Waals surface area contributed by atoms with Crippen LogP contribution in [0, 0.1) is 11.7 Å². The summed E-state index contributed by atoms with van der Waals surface area (Å²) in [4.78, 5) is 33.4. The highest BCUT2D eigenvalue weighted by atomic mass is 19.1. The predicted octanol–water partition coefficient (Wildman–Crippen LogP) is 3.27. The quantitative estimate of drug-likeness (QED) is 0.464. The number of anilines is 3. The first-order chi connectivity index (χ1) is 17.6. The minimum Gasteiger partial charge on any atom is -0.494 e. The molecule has 0 aliphatic heterocycles. The Hall–Kier alpha value is -4.02. The average Bonchev–Trinajstić information content (AvgIpc) is 3.76. The van der Waals surface area contributed by atoms with Gasteiger partial charge in [0.15, 0.2) is 11.6 Å². The van der Waals surface area contributed by atoms with Gasteiger partial charge in [0, 0.05) is 35.3 Å². The van der Waals surface area contributed by atoms with Gasteiger partial charge in [-0.15, -0.1) is 0 Å². The molecule has 10 nitrogen and oxygen atoms in total. The fraction of sp³-hybridized carbons (Fsp3) is 0.348. The Morgan fingerprint density at radius 1 is 1.18 bits per heavy atom. The van der Waals surface area contributed by atoms with Crippen LogP contribution in [0.1, 0.15) is 46.2 Å². The van der Waals surface area contributed by atoms with E-state index < -0.39 is 18.7 Å². The molecule has 2 heterocycles. The molecule has 11 heteroatoms. The van der Waals surface area contributed by atoms with E-state index in [1.165, 1.54) is 19.2 Å². The number of aromatic nitrogens is 4. The van der Waals surface area contributed by atoms with Crippen molar-refractivity contribution >= 4 is 29.0 Å². The van der Waals surface area contributed by atoms with Crippen LogP contribution in [-0.4, -0.2) is 45.6 Å². The number of carbonyl (C=O) groups excluding carboxylic acids is 2. The molecule has 2 aliphatic carbocycles. The lowest BCUT2D eigenvalue weighted by atomic mass is 10.1. The summed E-state index contributed by atoms with van der Waals surface area (Å²) in [6, 6.07) is 4.05. The monoisotopic (exact) mass is 468 g/mol. The number of hydrogen-bond acceptors (Lipinski definition) is 7. The molecule has 2 aliphatic rings. The third-order valence-electron chi connectivity index (χ3n) is 5.66. The van der Waals surface area contributed by atoms with Crippen molar-refractivity contribution in [2.75, 3.05) is 24.7 Å². The SMILES string of the molecule is [2H]C([2H])([2H])NC(=O)c1cnc(NC(=O)C2CC2)cc1Nc1cc(F)cc(-c2ncn(C3CC3)n2)c1OC. The van der Waals surface area contributed by atoms with E-state index in [-0.39, 0.29) is 57.8 Å². The van der Waals surface area contributed by atoms with Crippen molar-refractivity contribution in [2.24, 2.45) is 5.92 Å². The molecule has 0 spiro atoms. The summed E-state index contributed by atoms with van der Waals surface area (Å²) >= 11 is 0. The highest BCUT2D eigenvalue weighted by Gasteiger charge is 2.30. The maximum atomic E-state index is 14.8. The molecule has 0 saturated heterocycles. The Morgan fingerprint density at radius 2 is 2.00 bits per heavy atom. The van der Waals surface area contributed by atoms with E-state index in [2.05, 4.69) is 25.7 Å². The number of halogens is 1. The van der Waals surface area contributed by atoms with Gasteiger partial charge in [-0.25, -0.2) is 19.0 Å². The maximum Gasteiger partial charge on any atom is 0.254 e. The van der Waals surface area contributed by atoms with Gasteiger partial charge in [-0.3, -0.25) is 9.59 Å². The van der Waals surface area contributed by atoms with Gasteiger partial charge in [-0.05, 0) is 31.7 Å². The topological polar surface area (TPSA) is 123 Å². The number of hydrogen-bond donors (Lipinski definition) is 3. The van der Waals surface area contributed by atoms with Crippen LogP contribution in [0.25, 0.3) is 11.4 Å². The van der Waals surface area contributed by atoms with Gasteiger partial charge >= 0.3 is 0 Å². The molecule has 1 aromatic carbocycles. The van der Waals surface area contributed by atoms with Crippen molar-refractivity contribution in [1.82, 2.24) is 25.1 Å². The van der Waals surface area contributed by atoms with E-state index in [4.69, 9.17) is 8.85 Å². The van der Waals surface area contributed by atoms with Gasteiger partial charge in [0.05, 0.1) is 35.7 Å². The Balaban J connectivity index is 1.53. The number of carbonyl (C=O) groups is 2. The second-order valence-electron chi connectivity index (χ2n) is 8.27. The molecule has 2 amide bonds. The van der Waals surface area contributed by atoms with Crippen LogP contribution in [0.3, 0.4) is 0 Å². The van der Waals surface area contributed by atoms with Crippen molar-refractivity contribution in [3.63, 3.8) is 0 Å². The number of nitrogens with zero attached hydrogens (tertiary/aromatic N) is 4. The second kappa shape index (κ2) is 8.73. The van der Waals surface area contributed by atoms with Gasteiger partial charge < -0.3 is 20.7 Å². The van der Waals surface area contributed by atoms with Crippen LogP contribution in [0.2, 0.25) is 0 Å². The summed E-state index contributed by atoms with van der Waals surface area (Å²) in [5.74, 6) is -1.24. The number of amides is 2. The number of benzene rings is 1. The molecule has 5 rings (SSSR count). The number of nitrogens with one attached hydrogen (secondary N) is 3. The van der Waals surface area contributed by atoms with Crippen molar-refractivity contribution in [3.8, 4) is 17.1 Å². The lowest BCUT2D eigenvalue weighted by Gasteiger charge is -2.17. The first kappa shape index (κ1) is 18.4. The van der Waals surface area contributed by atoms with Crippen molar-refractivity contribution in [3.05, 3.63) is 42.1 Å². The van der Waals surface area contributed by atoms with Crippen LogP contribution < -0.4 is 20.7 Å². The average molecular weight is 469 g/mol. The zero-order valence-electron chi connectivity index (χ0n) is 21.3. The normalized spacial score (nSPS) is 16.7. The minimum atomic E-state index is -2.75. The lowest BCUT2D eigenvalue weighted by molar-refractivity contribution is -0.117. The molecular weight excluding hydrogens is 441 g/mol. The van der Waals surface area contributed by atoms with Gasteiger partial charge in [-0.2, -0.15) is 5.10 Å². The second-order valence-corrected chi connectivity index (χ2v) is 8.27. The first-order valence-electron chi connectivity index (χ1n) is 12.3. The van der Waals surface area contributed by atoms with E-state index in [0.29, 0.717) is 0 Å². The van der Waals surface area contributed by atoms with E-state index in [9.17, 15) is 14.0 Å². The Bertz CT molecular complexity index is 1370. The standard InChI is InChI=1S/C23H24FN7O3/c1-25-23(33)16-10-26-19(29-22(32)12-3-4-12)9-17(16)28-18-8-13(24)7-15(20(18)34-2)21-27-11-31(30-21)14-5-6-14/h7-12,14H,3-6H2,1-2H3,(H,25,33)(H2,26,28,29,32)/i1D3.